The van der Waals surface area contributed by atoms with Crippen molar-refractivity contribution in [2.45, 2.75) is 51.1 Å². The number of benzene rings is 2. The number of fused-ring (bicyclic) bond motifs is 1. The van der Waals surface area contributed by atoms with Gasteiger partial charge in [-0.2, -0.15) is 0 Å². The molecule has 2 aliphatic rings. The van der Waals surface area contributed by atoms with E-state index in [1.54, 1.807) is 40.0 Å². The molecule has 2 aromatic rings. The molecule has 0 bridgehead atoms. The number of anilines is 1. The van der Waals surface area contributed by atoms with Crippen LogP contribution in [0.25, 0.3) is 0 Å². The van der Waals surface area contributed by atoms with E-state index in [4.69, 9.17) is 5.73 Å². The lowest BCUT2D eigenvalue weighted by Crippen LogP contribution is -2.58. The number of hydrogen-bond donors (Lipinski definition) is 3. The van der Waals surface area contributed by atoms with Gasteiger partial charge in [0.05, 0.1) is 17.9 Å². The van der Waals surface area contributed by atoms with E-state index in [0.29, 0.717) is 12.1 Å². The molecule has 1 heterocycles. The summed E-state index contributed by atoms with van der Waals surface area (Å²) in [5.41, 5.74) is 6.76. The van der Waals surface area contributed by atoms with Gasteiger partial charge in [0.25, 0.3) is 0 Å². The maximum Gasteiger partial charge on any atom is 0.303 e. The molecule has 0 saturated heterocycles. The molecule has 2 unspecified atom stereocenters. The van der Waals surface area contributed by atoms with Crippen molar-refractivity contribution in [1.29, 1.82) is 0 Å². The first-order valence-electron chi connectivity index (χ1n) is 11.0. The Balaban J connectivity index is 1.71. The fraction of sp³-hybridized carbons (Fsp3) is 0.400. The molecule has 33 heavy (non-hydrogen) atoms. The van der Waals surface area contributed by atoms with Gasteiger partial charge in [-0.15, -0.1) is 0 Å². The van der Waals surface area contributed by atoms with Gasteiger partial charge in [-0.1, -0.05) is 24.3 Å². The van der Waals surface area contributed by atoms with Gasteiger partial charge in [-0.3, -0.25) is 14.5 Å². The van der Waals surface area contributed by atoms with Gasteiger partial charge in [-0.25, -0.2) is 9.38 Å². The zero-order valence-electron chi connectivity index (χ0n) is 19.2. The standard InChI is InChI=1S/C25H29FN4O3/c1-24(2)22(33)30(4)23(27)29-25(24,3)18-13-15(9-10-19(18)26)28-20-11-14(12-21(31)32)16-7-5-6-8-17(16)20/h5-10,13-14,20,28H,11-12H2,1-4H3,(H2,27,29)(H,31,32)/t14?,20?,25-/m0/s1. The van der Waals surface area contributed by atoms with Gasteiger partial charge in [0.2, 0.25) is 5.91 Å². The van der Waals surface area contributed by atoms with Crippen LogP contribution in [0, 0.1) is 11.2 Å². The lowest BCUT2D eigenvalue weighted by atomic mass is 9.67. The maximum atomic E-state index is 15.1. The molecule has 1 aliphatic carbocycles. The predicted octanol–water partition coefficient (Wildman–Crippen LogP) is 3.97. The molecule has 174 valence electrons. The number of nitrogens with zero attached hydrogens (tertiary/aromatic N) is 2. The third-order valence-electron chi connectivity index (χ3n) is 7.32. The minimum atomic E-state index is -1.21. The molecule has 4 rings (SSSR count). The first kappa shape index (κ1) is 22.8. The van der Waals surface area contributed by atoms with Crippen molar-refractivity contribution < 1.29 is 19.1 Å². The number of guanidine groups is 1. The quantitative estimate of drug-likeness (QED) is 0.636. The SMILES string of the molecule is CN1C(=O)C(C)(C)[C@](C)(c2cc(NC3CC(CC(=O)O)c4ccccc43)ccc2F)N=C1N. The number of nitrogens with one attached hydrogen (secondary N) is 1. The van der Waals surface area contributed by atoms with Crippen LogP contribution in [0.2, 0.25) is 0 Å². The Morgan fingerprint density at radius 1 is 1.24 bits per heavy atom. The van der Waals surface area contributed by atoms with Gasteiger partial charge < -0.3 is 16.2 Å². The molecule has 3 atom stereocenters. The number of hydrogen-bond acceptors (Lipinski definition) is 5. The largest absolute Gasteiger partial charge is 0.481 e. The van der Waals surface area contributed by atoms with E-state index in [1.807, 2.05) is 24.3 Å². The van der Waals surface area contributed by atoms with E-state index >= 15 is 4.39 Å². The molecule has 0 radical (unpaired) electrons. The monoisotopic (exact) mass is 452 g/mol. The van der Waals surface area contributed by atoms with Gasteiger partial charge in [0, 0.05) is 18.3 Å². The Kier molecular flexibility index (Phi) is 5.42. The summed E-state index contributed by atoms with van der Waals surface area (Å²) >= 11 is 0. The van der Waals surface area contributed by atoms with Crippen LogP contribution < -0.4 is 11.1 Å². The number of rotatable bonds is 5. The highest BCUT2D eigenvalue weighted by Gasteiger charge is 2.53. The summed E-state index contributed by atoms with van der Waals surface area (Å²) < 4.78 is 15.1. The van der Waals surface area contributed by atoms with E-state index in [9.17, 15) is 14.7 Å². The third kappa shape index (κ3) is 3.63. The molecule has 0 spiro atoms. The third-order valence-corrected chi connectivity index (χ3v) is 7.32. The van der Waals surface area contributed by atoms with E-state index in [2.05, 4.69) is 10.3 Å². The first-order valence-corrected chi connectivity index (χ1v) is 11.0. The molecular formula is C25H29FN4O3. The van der Waals surface area contributed by atoms with Crippen LogP contribution in [-0.2, 0) is 15.1 Å². The normalized spacial score (nSPS) is 26.0. The van der Waals surface area contributed by atoms with Crippen LogP contribution in [0.15, 0.2) is 47.5 Å². The lowest BCUT2D eigenvalue weighted by Gasteiger charge is -2.46. The van der Waals surface area contributed by atoms with Crippen LogP contribution >= 0.6 is 0 Å². The number of nitrogens with two attached hydrogens (primary N) is 1. The molecule has 0 aromatic heterocycles. The molecule has 0 fully saturated rings. The Morgan fingerprint density at radius 2 is 1.91 bits per heavy atom. The van der Waals surface area contributed by atoms with E-state index in [-0.39, 0.29) is 35.8 Å². The van der Waals surface area contributed by atoms with E-state index < -0.39 is 22.7 Å². The Bertz CT molecular complexity index is 1160. The van der Waals surface area contributed by atoms with Crippen LogP contribution in [0.3, 0.4) is 0 Å². The molecule has 8 heteroatoms. The summed E-state index contributed by atoms with van der Waals surface area (Å²) in [4.78, 5) is 30.1. The molecule has 1 amide bonds. The summed E-state index contributed by atoms with van der Waals surface area (Å²) in [7, 11) is 1.56. The molecule has 2 aromatic carbocycles. The number of carboxylic acid groups (broad SMARTS) is 1. The van der Waals surface area contributed by atoms with E-state index in [1.165, 1.54) is 11.0 Å². The van der Waals surface area contributed by atoms with Gasteiger partial charge in [0.1, 0.15) is 11.4 Å². The molecule has 1 aliphatic heterocycles. The highest BCUT2D eigenvalue weighted by atomic mass is 19.1. The smallest absolute Gasteiger partial charge is 0.303 e. The molecule has 4 N–H and O–H groups in total. The Hall–Kier alpha value is -3.42. The zero-order valence-corrected chi connectivity index (χ0v) is 19.2. The predicted molar refractivity (Wildman–Crippen MR) is 124 cm³/mol. The average Bonchev–Trinajstić information content (AvgIpc) is 3.09. The Morgan fingerprint density at radius 3 is 2.58 bits per heavy atom. The lowest BCUT2D eigenvalue weighted by molar-refractivity contribution is -0.140. The molecule has 7 nitrogen and oxygen atoms in total. The highest BCUT2D eigenvalue weighted by molar-refractivity contribution is 6.01. The average molecular weight is 453 g/mol. The summed E-state index contributed by atoms with van der Waals surface area (Å²) in [6.07, 6.45) is 0.676. The van der Waals surface area contributed by atoms with Gasteiger partial charge in [0.15, 0.2) is 5.96 Å². The van der Waals surface area contributed by atoms with Crippen LogP contribution in [0.5, 0.6) is 0 Å². The number of amides is 1. The summed E-state index contributed by atoms with van der Waals surface area (Å²) in [5.74, 6) is -1.60. The second-order valence-electron chi connectivity index (χ2n) is 9.58. The summed E-state index contributed by atoms with van der Waals surface area (Å²) in [5, 5.41) is 12.8. The van der Waals surface area contributed by atoms with Crippen molar-refractivity contribution in [2.24, 2.45) is 16.1 Å². The first-order chi connectivity index (χ1) is 15.5. The minimum absolute atomic E-state index is 0.0424. The van der Waals surface area contributed by atoms with Gasteiger partial charge >= 0.3 is 5.97 Å². The summed E-state index contributed by atoms with van der Waals surface area (Å²) in [6, 6.07) is 12.4. The number of aliphatic imine (C=N–C) groups is 1. The van der Waals surface area contributed by atoms with Crippen LogP contribution in [0.4, 0.5) is 10.1 Å². The maximum absolute atomic E-state index is 15.1. The second kappa shape index (κ2) is 7.86. The number of aliphatic carboxylic acids is 1. The Labute approximate surface area is 192 Å². The summed E-state index contributed by atoms with van der Waals surface area (Å²) in [6.45, 7) is 5.21. The van der Waals surface area contributed by atoms with Crippen molar-refractivity contribution >= 4 is 23.5 Å². The molecule has 0 saturated carbocycles. The number of halogens is 1. The minimum Gasteiger partial charge on any atom is -0.481 e. The zero-order chi connectivity index (χ0) is 24.1. The van der Waals surface area contributed by atoms with Crippen molar-refractivity contribution in [2.75, 3.05) is 12.4 Å². The number of carbonyl (C=O) groups is 2. The second-order valence-corrected chi connectivity index (χ2v) is 9.58. The number of carboxylic acids is 1. The van der Waals surface area contributed by atoms with Crippen LogP contribution in [0.1, 0.15) is 62.3 Å². The highest BCUT2D eigenvalue weighted by Crippen LogP contribution is 2.48. The fourth-order valence-corrected chi connectivity index (χ4v) is 5.04. The van der Waals surface area contributed by atoms with Gasteiger partial charge in [-0.05, 0) is 62.4 Å². The topological polar surface area (TPSA) is 108 Å². The van der Waals surface area contributed by atoms with E-state index in [0.717, 1.165) is 11.1 Å². The fourth-order valence-electron chi connectivity index (χ4n) is 5.04. The van der Waals surface area contributed by atoms with Crippen molar-refractivity contribution in [1.82, 2.24) is 4.90 Å². The van der Waals surface area contributed by atoms with Crippen LogP contribution in [-0.4, -0.2) is 34.9 Å². The van der Waals surface area contributed by atoms with Crippen molar-refractivity contribution in [3.8, 4) is 0 Å². The van der Waals surface area contributed by atoms with Crippen molar-refractivity contribution in [3.05, 3.63) is 65.0 Å². The molecular weight excluding hydrogens is 423 g/mol. The van der Waals surface area contributed by atoms with Crippen molar-refractivity contribution in [3.63, 3.8) is 0 Å². The number of carbonyl (C=O) groups excluding carboxylic acids is 1.